The molecule has 0 aliphatic heterocycles. The average molecular weight is 590 g/mol. The van der Waals surface area contributed by atoms with Gasteiger partial charge in [0.25, 0.3) is 0 Å². The molecular formula is C44H28O. The van der Waals surface area contributed by atoms with E-state index < -0.39 is 147 Å². The molecule has 1 heterocycles. The Hall–Kier alpha value is -5.92. The summed E-state index contributed by atoms with van der Waals surface area (Å²) < 4.78 is 158. The summed E-state index contributed by atoms with van der Waals surface area (Å²) in [6.07, 6.45) is 0. The van der Waals surface area contributed by atoms with Gasteiger partial charge in [0.2, 0.25) is 0 Å². The third-order valence-electron chi connectivity index (χ3n) is 7.87. The van der Waals surface area contributed by atoms with E-state index in [0.717, 1.165) is 16.5 Å². The Bertz CT molecular complexity index is 3380. The lowest BCUT2D eigenvalue weighted by Gasteiger charge is -2.18. The van der Waals surface area contributed by atoms with Gasteiger partial charge in [-0.25, -0.2) is 0 Å². The number of furan rings is 1. The molecule has 0 atom stereocenters. The topological polar surface area (TPSA) is 13.1 Å². The third-order valence-corrected chi connectivity index (χ3v) is 7.87. The highest BCUT2D eigenvalue weighted by molar-refractivity contribution is 6.21. The molecule has 0 radical (unpaired) electrons. The summed E-state index contributed by atoms with van der Waals surface area (Å²) in [5, 5.41) is -0.529. The number of hydrogen-bond donors (Lipinski definition) is 0. The van der Waals surface area contributed by atoms with Gasteiger partial charge >= 0.3 is 0 Å². The fraction of sp³-hybridized carbons (Fsp3) is 0. The maximum Gasteiger partial charge on any atom is 0.136 e. The molecule has 1 aromatic heterocycles. The van der Waals surface area contributed by atoms with Crippen molar-refractivity contribution in [2.75, 3.05) is 0 Å². The van der Waals surface area contributed by atoms with E-state index >= 15 is 0 Å². The van der Waals surface area contributed by atoms with Crippen LogP contribution in [-0.4, -0.2) is 0 Å². The normalized spacial score (nSPS) is 16.8. The fourth-order valence-electron chi connectivity index (χ4n) is 5.86. The first-order valence-electron chi connectivity index (χ1n) is 22.5. The second-order valence-electron chi connectivity index (χ2n) is 10.4. The number of rotatable bonds is 4. The summed E-state index contributed by atoms with van der Waals surface area (Å²) in [4.78, 5) is 0. The molecule has 0 N–H and O–H groups in total. The van der Waals surface area contributed by atoms with E-state index in [1.165, 1.54) is 0 Å². The van der Waals surface area contributed by atoms with E-state index in [-0.39, 0.29) is 11.1 Å². The van der Waals surface area contributed by atoms with Crippen molar-refractivity contribution in [2.24, 2.45) is 0 Å². The summed E-state index contributed by atoms with van der Waals surface area (Å²) in [7, 11) is 0. The van der Waals surface area contributed by atoms with Crippen LogP contribution in [0.5, 0.6) is 0 Å². The minimum absolute atomic E-state index is 0.189. The first kappa shape index (κ1) is 13.8. The van der Waals surface area contributed by atoms with Gasteiger partial charge in [-0.2, -0.15) is 0 Å². The molecule has 0 spiro atoms. The van der Waals surface area contributed by atoms with Crippen molar-refractivity contribution < 1.29 is 27.7 Å². The van der Waals surface area contributed by atoms with Gasteiger partial charge < -0.3 is 4.42 Å². The zero-order valence-corrected chi connectivity index (χ0v) is 23.3. The Morgan fingerprint density at radius 1 is 0.356 bits per heavy atom. The van der Waals surface area contributed by atoms with Crippen LogP contribution in [0.3, 0.4) is 0 Å². The van der Waals surface area contributed by atoms with E-state index in [1.54, 1.807) is 18.2 Å². The molecule has 8 aromatic carbocycles. The summed E-state index contributed by atoms with van der Waals surface area (Å²) in [5.41, 5.74) is 0.723. The monoisotopic (exact) mass is 589 g/mol. The lowest BCUT2D eigenvalue weighted by atomic mass is 9.85. The van der Waals surface area contributed by atoms with Gasteiger partial charge in [0.15, 0.2) is 0 Å². The Balaban J connectivity index is 1.45. The number of benzene rings is 8. The molecule has 0 bridgehead atoms. The molecule has 0 saturated heterocycles. The zero-order chi connectivity index (χ0) is 44.5. The van der Waals surface area contributed by atoms with Gasteiger partial charge in [-0.3, -0.25) is 0 Å². The maximum atomic E-state index is 9.73. The molecule has 210 valence electrons. The van der Waals surface area contributed by atoms with E-state index in [2.05, 4.69) is 0 Å². The SMILES string of the molecule is [2H]c1c([2H])c([2H])c(-c2c3c([2H])c([2H])c([2H])c([2H])c3c(-c3c([2H])c([2H])c([2H])c(-c4ccc5c(c4)oc4cc(-c6ccccc6)ccc45)c3[2H])c3c([2H])c([2H])c([2H])c([2H])c23)c([2H])c1[2H]. The molecule has 9 aromatic rings. The van der Waals surface area contributed by atoms with Crippen LogP contribution in [0, 0.1) is 0 Å². The van der Waals surface area contributed by atoms with Gasteiger partial charge in [-0.15, -0.1) is 0 Å². The molecule has 1 nitrogen and oxygen atoms in total. The first-order valence-corrected chi connectivity index (χ1v) is 14.0. The second-order valence-corrected chi connectivity index (χ2v) is 10.4. The number of fused-ring (bicyclic) bond motifs is 5. The van der Waals surface area contributed by atoms with Gasteiger partial charge in [-0.05, 0) is 96.4 Å². The van der Waals surface area contributed by atoms with Crippen molar-refractivity contribution in [3.63, 3.8) is 0 Å². The van der Waals surface area contributed by atoms with Crippen LogP contribution in [0.25, 0.3) is 88.0 Å². The van der Waals surface area contributed by atoms with Crippen LogP contribution < -0.4 is 0 Å². The van der Waals surface area contributed by atoms with Crippen LogP contribution in [0.1, 0.15) is 23.3 Å². The molecule has 0 amide bonds. The minimum atomic E-state index is -0.821. The van der Waals surface area contributed by atoms with Gasteiger partial charge in [-0.1, -0.05) is 139 Å². The van der Waals surface area contributed by atoms with Crippen molar-refractivity contribution >= 4 is 43.5 Å². The molecule has 0 saturated carbocycles. The quantitative estimate of drug-likeness (QED) is 0.186. The fourth-order valence-corrected chi connectivity index (χ4v) is 5.86. The molecule has 0 unspecified atom stereocenters. The average Bonchev–Trinajstić information content (AvgIpc) is 3.64. The molecule has 0 aliphatic carbocycles. The standard InChI is InChI=1S/C44H28O/c1-3-12-29(13-4-1)32-22-24-35-36-25-23-33(28-42(36)45-41(35)27-32)31-16-11-17-34(26-31)44-39-20-9-7-18-37(39)43(30-14-5-2-6-15-30)38-19-8-10-21-40(38)44/h1-28H/i2D,5D,6D,7D,8D,9D,10D,11D,14D,15D,16D,17D,18D,19D,20D,21D,26D. The van der Waals surface area contributed by atoms with Crippen LogP contribution in [0.4, 0.5) is 0 Å². The van der Waals surface area contributed by atoms with Crippen LogP contribution in [-0.2, 0) is 0 Å². The van der Waals surface area contributed by atoms with Crippen molar-refractivity contribution in [1.29, 1.82) is 0 Å². The van der Waals surface area contributed by atoms with Crippen LogP contribution in [0.2, 0.25) is 0 Å². The second kappa shape index (κ2) is 10.4. The summed E-state index contributed by atoms with van der Waals surface area (Å²) in [5.74, 6) is 0. The van der Waals surface area contributed by atoms with Crippen LogP contribution >= 0.6 is 0 Å². The lowest BCUT2D eigenvalue weighted by Crippen LogP contribution is -1.91. The predicted octanol–water partition coefficient (Wildman–Crippen LogP) is 12.6. The highest BCUT2D eigenvalue weighted by atomic mass is 16.3. The molecule has 1 heteroatoms. The third kappa shape index (κ3) is 4.24. The lowest BCUT2D eigenvalue weighted by molar-refractivity contribution is 0.669. The highest BCUT2D eigenvalue weighted by Gasteiger charge is 2.17. The summed E-state index contributed by atoms with van der Waals surface area (Å²) in [6.45, 7) is 0. The molecule has 0 aliphatic rings. The summed E-state index contributed by atoms with van der Waals surface area (Å²) in [6, 6.07) is 7.23. The largest absolute Gasteiger partial charge is 0.456 e. The predicted molar refractivity (Wildman–Crippen MR) is 190 cm³/mol. The van der Waals surface area contributed by atoms with Crippen molar-refractivity contribution in [3.8, 4) is 44.5 Å². The Morgan fingerprint density at radius 3 is 1.44 bits per heavy atom. The highest BCUT2D eigenvalue weighted by Crippen LogP contribution is 2.44. The van der Waals surface area contributed by atoms with Gasteiger partial charge in [0.1, 0.15) is 11.2 Å². The Labute approximate surface area is 285 Å². The van der Waals surface area contributed by atoms with Crippen molar-refractivity contribution in [2.45, 2.75) is 0 Å². The van der Waals surface area contributed by atoms with E-state index in [9.17, 15) is 8.22 Å². The maximum absolute atomic E-state index is 9.73. The van der Waals surface area contributed by atoms with Crippen LogP contribution in [0.15, 0.2) is 174 Å². The summed E-state index contributed by atoms with van der Waals surface area (Å²) >= 11 is 0. The van der Waals surface area contributed by atoms with E-state index in [4.69, 9.17) is 19.5 Å². The van der Waals surface area contributed by atoms with E-state index in [1.807, 2.05) is 48.5 Å². The van der Waals surface area contributed by atoms with Gasteiger partial charge in [0.05, 0.1) is 23.3 Å². The Morgan fingerprint density at radius 2 is 0.844 bits per heavy atom. The van der Waals surface area contributed by atoms with Gasteiger partial charge in [0, 0.05) is 10.8 Å². The molecule has 9 rings (SSSR count). The molecular weight excluding hydrogens is 544 g/mol. The van der Waals surface area contributed by atoms with E-state index in [0.29, 0.717) is 16.6 Å². The van der Waals surface area contributed by atoms with Crippen molar-refractivity contribution in [1.82, 2.24) is 0 Å². The van der Waals surface area contributed by atoms with Crippen molar-refractivity contribution in [3.05, 3.63) is 169 Å². The zero-order valence-electron chi connectivity index (χ0n) is 40.3. The smallest absolute Gasteiger partial charge is 0.136 e. The number of hydrogen-bond acceptors (Lipinski definition) is 1. The molecule has 0 fully saturated rings. The molecule has 45 heavy (non-hydrogen) atoms. The minimum Gasteiger partial charge on any atom is -0.456 e. The Kier molecular flexibility index (Phi) is 3.18. The first-order chi connectivity index (χ1) is 29.4.